The van der Waals surface area contributed by atoms with Crippen molar-refractivity contribution in [2.45, 2.75) is 126 Å². The molecule has 3 heterocycles. The van der Waals surface area contributed by atoms with E-state index in [2.05, 4.69) is 47.5 Å². The molecule has 0 unspecified atom stereocenters. The van der Waals surface area contributed by atoms with Crippen LogP contribution in [0.3, 0.4) is 0 Å². The molecule has 2 bridgehead atoms. The van der Waals surface area contributed by atoms with Gasteiger partial charge in [0, 0.05) is 45.3 Å². The van der Waals surface area contributed by atoms with Gasteiger partial charge in [-0.1, -0.05) is 5.21 Å². The maximum absolute atomic E-state index is 15.0. The van der Waals surface area contributed by atoms with E-state index in [-0.39, 0.29) is 18.7 Å². The summed E-state index contributed by atoms with van der Waals surface area (Å²) in [5.74, 6) is -14.6. The number of primary amides is 1. The van der Waals surface area contributed by atoms with E-state index in [9.17, 15) is 78.0 Å². The zero-order valence-electron chi connectivity index (χ0n) is 35.0. The number of fused-ring (bicyclic) bond motifs is 3. The van der Waals surface area contributed by atoms with Gasteiger partial charge >= 0.3 is 17.9 Å². The number of rotatable bonds is 11. The van der Waals surface area contributed by atoms with Crippen molar-refractivity contribution in [2.75, 3.05) is 13.1 Å². The van der Waals surface area contributed by atoms with Crippen LogP contribution in [0.25, 0.3) is 0 Å². The van der Waals surface area contributed by atoms with E-state index in [4.69, 9.17) is 5.73 Å². The lowest BCUT2D eigenvalue weighted by Gasteiger charge is -2.30. The topological polar surface area (TPSA) is 430 Å². The van der Waals surface area contributed by atoms with Crippen LogP contribution in [-0.4, -0.2) is 179 Å². The molecule has 2 aliphatic rings. The quantitative estimate of drug-likeness (QED) is 0.0981. The normalized spacial score (nSPS) is 26.3. The van der Waals surface area contributed by atoms with Gasteiger partial charge in [0.1, 0.15) is 48.5 Å². The Hall–Kier alpha value is -7.33. The minimum Gasteiger partial charge on any atom is -0.481 e. The number of aliphatic hydroxyl groups excluding tert-OH is 1. The molecule has 9 atom stereocenters. The molecule has 29 heteroatoms. The third-order valence-electron chi connectivity index (χ3n) is 9.89. The SMILES string of the molecule is CC(=O)N[C@H]1CCn2cc(nn2)C[C@@H](C(N)=O)NC(=O)[C@H](CCC(=O)O)NC(=O)CNC(=O)[C@H]([C@@H](C)O)NC(=O)[C@H](CCC(=O)O)NC(=O)[C@@H]2C[C@H](F)CN2C(=O)[C@H](CC(=O)O)NC1=O. The Bertz CT molecular complexity index is 2020. The average Bonchev–Trinajstić information content (AvgIpc) is 3.84. The minimum atomic E-state index is -1.97. The standard InChI is InChI=1S/C36H51FN12O16/c1-15(50)29-35(64)39-12-25(52)41-19(3-5-26(53)54)31(60)43-22(30(38)59)10-18-14-48(47-46-18)8-7-21(40-16(2)51)32(61)44-23(11-28(57)58)36(65)49-13-17(37)9-24(49)34(63)42-20(33(62)45-29)4-6-27(55)56/h14-15,17,19-24,29,50H,3-13H2,1-2H3,(H2,38,59)(H,39,64)(H,40,51)(H,41,52)(H,42,63)(H,43,60)(H,44,61)(H,45,62)(H,53,54)(H,55,56)(H,57,58)/t15-,17+,19+,20+,21+,22+,23+,24+,29+/m1/s1. The van der Waals surface area contributed by atoms with Crippen molar-refractivity contribution in [1.29, 1.82) is 0 Å². The third-order valence-corrected chi connectivity index (χ3v) is 9.89. The Morgan fingerprint density at radius 3 is 2.02 bits per heavy atom. The van der Waals surface area contributed by atoms with Crippen LogP contribution in [-0.2, 0) is 70.5 Å². The highest BCUT2D eigenvalue weighted by Gasteiger charge is 2.44. The lowest BCUT2D eigenvalue weighted by molar-refractivity contribution is -0.146. The smallest absolute Gasteiger partial charge is 0.305 e. The Balaban J connectivity index is 2.07. The number of hydrogen-bond donors (Lipinski definition) is 12. The third kappa shape index (κ3) is 16.4. The number of alkyl halides is 1. The Morgan fingerprint density at radius 1 is 0.846 bits per heavy atom. The van der Waals surface area contributed by atoms with Crippen LogP contribution in [0.15, 0.2) is 6.20 Å². The summed E-state index contributed by atoms with van der Waals surface area (Å²) < 4.78 is 16.2. The van der Waals surface area contributed by atoms with Gasteiger partial charge in [-0.25, -0.2) is 4.39 Å². The number of amides is 9. The van der Waals surface area contributed by atoms with Gasteiger partial charge in [-0.2, -0.15) is 0 Å². The van der Waals surface area contributed by atoms with Gasteiger partial charge in [-0.3, -0.25) is 62.2 Å². The molecule has 13 N–H and O–H groups in total. The molecule has 1 aromatic rings. The van der Waals surface area contributed by atoms with E-state index in [0.29, 0.717) is 4.90 Å². The number of halogens is 1. The summed E-state index contributed by atoms with van der Waals surface area (Å²) in [5.41, 5.74) is 5.55. The molecule has 0 radical (unpaired) electrons. The van der Waals surface area contributed by atoms with Gasteiger partial charge in [0.25, 0.3) is 0 Å². The summed E-state index contributed by atoms with van der Waals surface area (Å²) in [6.45, 7) is 0.139. The van der Waals surface area contributed by atoms with Crippen molar-refractivity contribution < 1.29 is 82.4 Å². The molecule has 0 spiro atoms. The number of hydrogen-bond acceptors (Lipinski definition) is 15. The summed E-state index contributed by atoms with van der Waals surface area (Å²) in [6.07, 6.45) is -7.52. The molecule has 1 fully saturated rings. The van der Waals surface area contributed by atoms with E-state index < -0.39 is 184 Å². The van der Waals surface area contributed by atoms with Gasteiger partial charge in [0.2, 0.25) is 53.2 Å². The zero-order chi connectivity index (χ0) is 48.7. The Labute approximate surface area is 367 Å². The minimum absolute atomic E-state index is 0.0343. The fourth-order valence-electron chi connectivity index (χ4n) is 6.67. The average molecular weight is 927 g/mol. The first kappa shape index (κ1) is 52.0. The highest BCUT2D eigenvalue weighted by molar-refractivity contribution is 5.98. The maximum atomic E-state index is 15.0. The molecule has 9 amide bonds. The van der Waals surface area contributed by atoms with Gasteiger partial charge in [0.05, 0.1) is 31.3 Å². The fourth-order valence-corrected chi connectivity index (χ4v) is 6.67. The number of aromatic nitrogens is 3. The van der Waals surface area contributed by atoms with Gasteiger partial charge in [0.15, 0.2) is 0 Å². The van der Waals surface area contributed by atoms with Gasteiger partial charge < -0.3 is 68.3 Å². The first-order valence-electron chi connectivity index (χ1n) is 20.0. The highest BCUT2D eigenvalue weighted by Crippen LogP contribution is 2.23. The molecule has 1 aromatic heterocycles. The number of nitrogens with one attached hydrogen (secondary N) is 7. The van der Waals surface area contributed by atoms with E-state index in [1.165, 1.54) is 6.20 Å². The molecule has 28 nitrogen and oxygen atoms in total. The first-order valence-corrected chi connectivity index (χ1v) is 20.0. The largest absolute Gasteiger partial charge is 0.481 e. The summed E-state index contributed by atoms with van der Waals surface area (Å²) in [5, 5.41) is 61.9. The summed E-state index contributed by atoms with van der Waals surface area (Å²) in [4.78, 5) is 154. The zero-order valence-corrected chi connectivity index (χ0v) is 35.0. The number of carbonyl (C=O) groups excluding carboxylic acids is 9. The second kappa shape index (κ2) is 23.9. The fraction of sp³-hybridized carbons (Fsp3) is 0.611. The van der Waals surface area contributed by atoms with Crippen LogP contribution in [0.5, 0.6) is 0 Å². The van der Waals surface area contributed by atoms with Gasteiger partial charge in [-0.05, 0) is 26.2 Å². The molecule has 0 saturated carbocycles. The Kier molecular flexibility index (Phi) is 19.2. The lowest BCUT2D eigenvalue weighted by atomic mass is 10.1. The number of carboxylic acids is 3. The van der Waals surface area contributed by atoms with Crippen LogP contribution in [0, 0.1) is 0 Å². The van der Waals surface area contributed by atoms with Crippen LogP contribution in [0.2, 0.25) is 0 Å². The molecule has 1 saturated heterocycles. The second-order valence-electron chi connectivity index (χ2n) is 15.2. The molecule has 358 valence electrons. The maximum Gasteiger partial charge on any atom is 0.305 e. The number of aliphatic hydroxyl groups is 1. The van der Waals surface area contributed by atoms with Crippen LogP contribution >= 0.6 is 0 Å². The number of aliphatic carboxylic acids is 3. The molecule has 0 aliphatic carbocycles. The monoisotopic (exact) mass is 926 g/mol. The van der Waals surface area contributed by atoms with Crippen molar-refractivity contribution in [3.8, 4) is 0 Å². The van der Waals surface area contributed by atoms with E-state index in [0.717, 1.165) is 18.5 Å². The van der Waals surface area contributed by atoms with E-state index in [1.54, 1.807) is 0 Å². The molecular weight excluding hydrogens is 875 g/mol. The molecule has 3 rings (SSSR count). The molecule has 2 aliphatic heterocycles. The predicted octanol–water partition coefficient (Wildman–Crippen LogP) is -6.72. The van der Waals surface area contributed by atoms with Crippen molar-refractivity contribution >= 4 is 71.1 Å². The lowest BCUT2D eigenvalue weighted by Crippen LogP contribution is -2.60. The Morgan fingerprint density at radius 2 is 1.45 bits per heavy atom. The molecular formula is C36H51FN12O16. The number of nitrogens with two attached hydrogens (primary N) is 1. The van der Waals surface area contributed by atoms with E-state index >= 15 is 4.39 Å². The van der Waals surface area contributed by atoms with Crippen LogP contribution in [0.1, 0.15) is 64.5 Å². The molecule has 0 aromatic carbocycles. The van der Waals surface area contributed by atoms with Crippen molar-refractivity contribution in [1.82, 2.24) is 57.1 Å². The van der Waals surface area contributed by atoms with Crippen molar-refractivity contribution in [2.24, 2.45) is 5.73 Å². The summed E-state index contributed by atoms with van der Waals surface area (Å²) in [7, 11) is 0. The number of aryl methyl sites for hydroxylation is 1. The second-order valence-corrected chi connectivity index (χ2v) is 15.2. The number of carboxylic acid groups (broad SMARTS) is 3. The first-order chi connectivity index (χ1) is 30.4. The van der Waals surface area contributed by atoms with Crippen molar-refractivity contribution in [3.05, 3.63) is 11.9 Å². The summed E-state index contributed by atoms with van der Waals surface area (Å²) in [6, 6.07) is -12.2. The number of carbonyl (C=O) groups is 12. The number of nitrogens with zero attached hydrogens (tertiary/aromatic N) is 4. The summed E-state index contributed by atoms with van der Waals surface area (Å²) >= 11 is 0. The van der Waals surface area contributed by atoms with Gasteiger partial charge in [-0.15, -0.1) is 5.10 Å². The predicted molar refractivity (Wildman–Crippen MR) is 210 cm³/mol. The molecule has 65 heavy (non-hydrogen) atoms. The van der Waals surface area contributed by atoms with E-state index in [1.807, 2.05) is 0 Å². The van der Waals surface area contributed by atoms with Crippen molar-refractivity contribution in [3.63, 3.8) is 0 Å². The van der Waals surface area contributed by atoms with Crippen LogP contribution < -0.4 is 43.0 Å². The van der Waals surface area contributed by atoms with Crippen LogP contribution in [0.4, 0.5) is 4.39 Å². The highest BCUT2D eigenvalue weighted by atomic mass is 19.1.